The summed E-state index contributed by atoms with van der Waals surface area (Å²) in [6.45, 7) is 4.16. The van der Waals surface area contributed by atoms with Gasteiger partial charge in [0.15, 0.2) is 0 Å². The molecule has 0 aromatic heterocycles. The number of anilines is 1. The summed E-state index contributed by atoms with van der Waals surface area (Å²) in [6.07, 6.45) is 3.68. The molecule has 2 rings (SSSR count). The molecule has 1 heterocycles. The standard InChI is InChI=1S/C20H29N3O4.ClH/c1-4-11-20(2,21)19(26)22-15-9-7-8-14(13-15)17(24)23-12-6-5-10-16(23)18(25)27-3;/h7-9,13,16H,4-6,10-12,21H2,1-3H3,(H,22,26);1H. The van der Waals surface area contributed by atoms with Crippen molar-refractivity contribution in [3.05, 3.63) is 29.8 Å². The van der Waals surface area contributed by atoms with E-state index < -0.39 is 17.6 Å². The quantitative estimate of drug-likeness (QED) is 0.701. The van der Waals surface area contributed by atoms with Crippen molar-refractivity contribution in [1.29, 1.82) is 0 Å². The molecule has 1 aromatic carbocycles. The highest BCUT2D eigenvalue weighted by Crippen LogP contribution is 2.22. The van der Waals surface area contributed by atoms with Gasteiger partial charge in [0.05, 0.1) is 12.6 Å². The molecule has 1 aliphatic heterocycles. The molecule has 8 heteroatoms. The molecule has 2 amide bonds. The van der Waals surface area contributed by atoms with E-state index in [-0.39, 0.29) is 24.2 Å². The average Bonchev–Trinajstić information content (AvgIpc) is 2.67. The summed E-state index contributed by atoms with van der Waals surface area (Å²) in [5.74, 6) is -0.935. The molecular formula is C20H30ClN3O4. The number of halogens is 1. The zero-order valence-corrected chi connectivity index (χ0v) is 17.5. The Morgan fingerprint density at radius 3 is 2.68 bits per heavy atom. The highest BCUT2D eigenvalue weighted by atomic mass is 35.5. The second-order valence-corrected chi connectivity index (χ2v) is 7.24. The minimum atomic E-state index is -0.975. The molecule has 1 saturated heterocycles. The Labute approximate surface area is 172 Å². The van der Waals surface area contributed by atoms with E-state index in [4.69, 9.17) is 10.5 Å². The van der Waals surface area contributed by atoms with Crippen molar-refractivity contribution < 1.29 is 19.1 Å². The van der Waals surface area contributed by atoms with E-state index in [0.29, 0.717) is 30.6 Å². The van der Waals surface area contributed by atoms with E-state index in [1.54, 1.807) is 36.1 Å². The molecule has 28 heavy (non-hydrogen) atoms. The number of hydrogen-bond acceptors (Lipinski definition) is 5. The zero-order valence-electron chi connectivity index (χ0n) is 16.7. The molecule has 1 fully saturated rings. The Morgan fingerprint density at radius 1 is 1.32 bits per heavy atom. The largest absolute Gasteiger partial charge is 0.467 e. The maximum absolute atomic E-state index is 12.9. The van der Waals surface area contributed by atoms with Gasteiger partial charge in [0, 0.05) is 17.8 Å². The summed E-state index contributed by atoms with van der Waals surface area (Å²) in [7, 11) is 1.33. The highest BCUT2D eigenvalue weighted by molar-refractivity contribution is 6.01. The molecule has 1 aromatic rings. The first-order valence-electron chi connectivity index (χ1n) is 9.39. The van der Waals surface area contributed by atoms with Crippen LogP contribution in [0.15, 0.2) is 24.3 Å². The van der Waals surface area contributed by atoms with Gasteiger partial charge in [-0.25, -0.2) is 4.79 Å². The number of nitrogens with zero attached hydrogens (tertiary/aromatic N) is 1. The number of amides is 2. The molecule has 0 radical (unpaired) electrons. The second-order valence-electron chi connectivity index (χ2n) is 7.24. The van der Waals surface area contributed by atoms with Crippen LogP contribution in [0.4, 0.5) is 5.69 Å². The predicted molar refractivity (Wildman–Crippen MR) is 111 cm³/mol. The van der Waals surface area contributed by atoms with E-state index >= 15 is 0 Å². The van der Waals surface area contributed by atoms with Crippen molar-refractivity contribution in [2.75, 3.05) is 19.0 Å². The number of esters is 1. The highest BCUT2D eigenvalue weighted by Gasteiger charge is 2.33. The van der Waals surface area contributed by atoms with Gasteiger partial charge in [0.25, 0.3) is 5.91 Å². The van der Waals surface area contributed by atoms with Gasteiger partial charge in [0.1, 0.15) is 6.04 Å². The minimum absolute atomic E-state index is 0. The molecular weight excluding hydrogens is 382 g/mol. The first-order valence-corrected chi connectivity index (χ1v) is 9.39. The van der Waals surface area contributed by atoms with Crippen LogP contribution in [0.1, 0.15) is 56.3 Å². The summed E-state index contributed by atoms with van der Waals surface area (Å²) in [6, 6.07) is 6.14. The Bertz CT molecular complexity index is 708. The Hall–Kier alpha value is -2.12. The van der Waals surface area contributed by atoms with Crippen molar-refractivity contribution in [2.45, 2.75) is 57.5 Å². The number of nitrogens with one attached hydrogen (secondary N) is 1. The molecule has 0 spiro atoms. The van der Waals surface area contributed by atoms with Gasteiger partial charge >= 0.3 is 5.97 Å². The van der Waals surface area contributed by atoms with Crippen LogP contribution < -0.4 is 11.1 Å². The van der Waals surface area contributed by atoms with Crippen molar-refractivity contribution in [3.8, 4) is 0 Å². The zero-order chi connectivity index (χ0) is 20.0. The fourth-order valence-electron chi connectivity index (χ4n) is 3.36. The molecule has 2 atom stereocenters. The van der Waals surface area contributed by atoms with E-state index in [1.807, 2.05) is 6.92 Å². The van der Waals surface area contributed by atoms with Gasteiger partial charge in [-0.3, -0.25) is 9.59 Å². The second kappa shape index (κ2) is 10.4. The average molecular weight is 412 g/mol. The van der Waals surface area contributed by atoms with E-state index in [1.165, 1.54) is 7.11 Å². The summed E-state index contributed by atoms with van der Waals surface area (Å²) in [5.41, 5.74) is 6.01. The van der Waals surface area contributed by atoms with Crippen LogP contribution in [0.25, 0.3) is 0 Å². The summed E-state index contributed by atoms with van der Waals surface area (Å²) in [4.78, 5) is 38.9. The number of carbonyl (C=O) groups excluding carboxylic acids is 3. The number of carbonyl (C=O) groups is 3. The van der Waals surface area contributed by atoms with Gasteiger partial charge in [-0.1, -0.05) is 19.4 Å². The van der Waals surface area contributed by atoms with Gasteiger partial charge in [-0.2, -0.15) is 0 Å². The lowest BCUT2D eigenvalue weighted by Crippen LogP contribution is -2.48. The number of hydrogen-bond donors (Lipinski definition) is 2. The van der Waals surface area contributed by atoms with Gasteiger partial charge in [-0.05, 0) is 50.8 Å². The molecule has 2 unspecified atom stereocenters. The summed E-state index contributed by atoms with van der Waals surface area (Å²) < 4.78 is 4.84. The maximum atomic E-state index is 12.9. The fourth-order valence-corrected chi connectivity index (χ4v) is 3.36. The number of piperidine rings is 1. The first-order chi connectivity index (χ1) is 12.8. The number of rotatable bonds is 6. The van der Waals surface area contributed by atoms with E-state index in [9.17, 15) is 14.4 Å². The van der Waals surface area contributed by atoms with E-state index in [0.717, 1.165) is 19.3 Å². The maximum Gasteiger partial charge on any atom is 0.328 e. The van der Waals surface area contributed by atoms with Crippen LogP contribution in [-0.4, -0.2) is 47.9 Å². The van der Waals surface area contributed by atoms with Crippen LogP contribution in [-0.2, 0) is 14.3 Å². The van der Waals surface area contributed by atoms with Crippen LogP contribution >= 0.6 is 12.4 Å². The number of likely N-dealkylation sites (tertiary alicyclic amines) is 1. The lowest BCUT2D eigenvalue weighted by molar-refractivity contribution is -0.147. The Kier molecular flexibility index (Phi) is 8.91. The lowest BCUT2D eigenvalue weighted by Gasteiger charge is -2.33. The van der Waals surface area contributed by atoms with Crippen LogP contribution in [0, 0.1) is 0 Å². The molecule has 0 bridgehead atoms. The van der Waals surface area contributed by atoms with Gasteiger partial charge in [-0.15, -0.1) is 12.4 Å². The third-order valence-corrected chi connectivity index (χ3v) is 4.89. The fraction of sp³-hybridized carbons (Fsp3) is 0.550. The Morgan fingerprint density at radius 2 is 2.04 bits per heavy atom. The first kappa shape index (κ1) is 23.9. The summed E-state index contributed by atoms with van der Waals surface area (Å²) in [5, 5.41) is 2.78. The summed E-state index contributed by atoms with van der Waals surface area (Å²) >= 11 is 0. The predicted octanol–water partition coefficient (Wildman–Crippen LogP) is 2.73. The van der Waals surface area contributed by atoms with Crippen molar-refractivity contribution in [3.63, 3.8) is 0 Å². The SMILES string of the molecule is CCCC(C)(N)C(=O)Nc1cccc(C(=O)N2CCCCC2C(=O)OC)c1.Cl. The molecule has 0 aliphatic carbocycles. The lowest BCUT2D eigenvalue weighted by atomic mass is 9.96. The molecule has 3 N–H and O–H groups in total. The third kappa shape index (κ3) is 5.69. The number of benzene rings is 1. The van der Waals surface area contributed by atoms with Crippen LogP contribution in [0.2, 0.25) is 0 Å². The number of methoxy groups -OCH3 is 1. The molecule has 7 nitrogen and oxygen atoms in total. The van der Waals surface area contributed by atoms with E-state index in [2.05, 4.69) is 5.32 Å². The number of nitrogens with two attached hydrogens (primary N) is 1. The van der Waals surface area contributed by atoms with Crippen LogP contribution in [0.5, 0.6) is 0 Å². The van der Waals surface area contributed by atoms with Crippen molar-refractivity contribution >= 4 is 35.9 Å². The monoisotopic (exact) mass is 411 g/mol. The van der Waals surface area contributed by atoms with Crippen molar-refractivity contribution in [2.24, 2.45) is 5.73 Å². The number of ether oxygens (including phenoxy) is 1. The topological polar surface area (TPSA) is 102 Å². The van der Waals surface area contributed by atoms with Gasteiger partial charge in [0.2, 0.25) is 5.91 Å². The molecule has 0 saturated carbocycles. The normalized spacial score (nSPS) is 18.4. The third-order valence-electron chi connectivity index (χ3n) is 4.89. The molecule has 156 valence electrons. The van der Waals surface area contributed by atoms with Gasteiger partial charge < -0.3 is 20.7 Å². The van der Waals surface area contributed by atoms with Crippen LogP contribution in [0.3, 0.4) is 0 Å². The smallest absolute Gasteiger partial charge is 0.328 e. The van der Waals surface area contributed by atoms with Crippen molar-refractivity contribution in [1.82, 2.24) is 4.90 Å². The Balaban J connectivity index is 0.00000392. The molecule has 1 aliphatic rings. The minimum Gasteiger partial charge on any atom is -0.467 e.